The van der Waals surface area contributed by atoms with Gasteiger partial charge in [0.2, 0.25) is 0 Å². The second-order valence-electron chi connectivity index (χ2n) is 4.10. The van der Waals surface area contributed by atoms with Crippen molar-refractivity contribution in [2.45, 2.75) is 13.3 Å². The zero-order chi connectivity index (χ0) is 13.7. The summed E-state index contributed by atoms with van der Waals surface area (Å²) in [5, 5.41) is 18.1. The predicted octanol–water partition coefficient (Wildman–Crippen LogP) is 3.73. The van der Waals surface area contributed by atoms with E-state index in [2.05, 4.69) is 12.1 Å². The molecule has 0 aromatic heterocycles. The van der Waals surface area contributed by atoms with Crippen molar-refractivity contribution in [2.75, 3.05) is 0 Å². The first kappa shape index (κ1) is 12.7. The van der Waals surface area contributed by atoms with Gasteiger partial charge in [0.15, 0.2) is 0 Å². The Kier molecular flexibility index (Phi) is 3.81. The molecule has 0 fully saturated rings. The second-order valence-corrected chi connectivity index (χ2v) is 4.10. The minimum Gasteiger partial charge on any atom is -0.456 e. The summed E-state index contributed by atoms with van der Waals surface area (Å²) >= 11 is 0. The fourth-order valence-electron chi connectivity index (χ4n) is 1.86. The average molecular weight is 248 g/mol. The molecule has 0 saturated carbocycles. The van der Waals surface area contributed by atoms with Gasteiger partial charge in [-0.1, -0.05) is 24.3 Å². The fourth-order valence-corrected chi connectivity index (χ4v) is 1.86. The Labute approximate surface area is 112 Å². The summed E-state index contributed by atoms with van der Waals surface area (Å²) in [6.45, 7) is 1.89. The number of hydrogen-bond donors (Lipinski definition) is 0. The highest BCUT2D eigenvalue weighted by atomic mass is 16.5. The lowest BCUT2D eigenvalue weighted by atomic mass is 9.99. The Bertz CT molecular complexity index is 664. The number of para-hydroxylation sites is 1. The van der Waals surface area contributed by atoms with Crippen molar-refractivity contribution in [3.8, 4) is 23.6 Å². The van der Waals surface area contributed by atoms with Crippen LogP contribution in [0.3, 0.4) is 0 Å². The molecular weight excluding hydrogens is 236 g/mol. The summed E-state index contributed by atoms with van der Waals surface area (Å²) in [7, 11) is 0. The second kappa shape index (κ2) is 5.71. The first-order valence-corrected chi connectivity index (χ1v) is 5.88. The van der Waals surface area contributed by atoms with Crippen LogP contribution in [-0.4, -0.2) is 0 Å². The first-order chi connectivity index (χ1) is 9.26. The van der Waals surface area contributed by atoms with E-state index in [-0.39, 0.29) is 6.42 Å². The Hall–Kier alpha value is -2.78. The molecule has 0 bridgehead atoms. The van der Waals surface area contributed by atoms with Crippen LogP contribution in [0.5, 0.6) is 11.5 Å². The Morgan fingerprint density at radius 2 is 1.79 bits per heavy atom. The molecule has 0 heterocycles. The van der Waals surface area contributed by atoms with Crippen molar-refractivity contribution in [3.63, 3.8) is 0 Å². The van der Waals surface area contributed by atoms with Crippen LogP contribution in [0.1, 0.15) is 16.7 Å². The molecule has 19 heavy (non-hydrogen) atoms. The Morgan fingerprint density at radius 1 is 1.05 bits per heavy atom. The van der Waals surface area contributed by atoms with E-state index in [1.165, 1.54) is 0 Å². The summed E-state index contributed by atoms with van der Waals surface area (Å²) in [4.78, 5) is 0. The summed E-state index contributed by atoms with van der Waals surface area (Å²) in [5.74, 6) is 1.16. The zero-order valence-corrected chi connectivity index (χ0v) is 10.6. The Morgan fingerprint density at radius 3 is 2.42 bits per heavy atom. The third-order valence-corrected chi connectivity index (χ3v) is 2.85. The molecule has 0 aliphatic carbocycles. The molecule has 0 aliphatic heterocycles. The number of ether oxygens (including phenoxy) is 1. The van der Waals surface area contributed by atoms with Crippen LogP contribution < -0.4 is 4.74 Å². The van der Waals surface area contributed by atoms with E-state index in [0.29, 0.717) is 17.1 Å². The standard InChI is InChI=1S/C16H12N2O/c1-12-7-8-16(15(11-18)14(12)9-10-17)19-13-5-3-2-4-6-13/h2-8H,9H2,1H3. The van der Waals surface area contributed by atoms with E-state index < -0.39 is 0 Å². The molecule has 0 atom stereocenters. The van der Waals surface area contributed by atoms with Gasteiger partial charge in [0.05, 0.1) is 18.1 Å². The molecule has 3 nitrogen and oxygen atoms in total. The molecule has 2 aromatic rings. The number of aryl methyl sites for hydroxylation is 1. The highest BCUT2D eigenvalue weighted by molar-refractivity contribution is 5.54. The van der Waals surface area contributed by atoms with Gasteiger partial charge in [-0.25, -0.2) is 0 Å². The minimum atomic E-state index is 0.209. The normalized spacial score (nSPS) is 9.42. The maximum Gasteiger partial charge on any atom is 0.145 e. The van der Waals surface area contributed by atoms with Crippen molar-refractivity contribution < 1.29 is 4.74 Å². The molecule has 2 aromatic carbocycles. The van der Waals surface area contributed by atoms with Crippen molar-refractivity contribution in [1.29, 1.82) is 10.5 Å². The molecular formula is C16H12N2O. The zero-order valence-electron chi connectivity index (χ0n) is 10.6. The summed E-state index contributed by atoms with van der Waals surface area (Å²) < 4.78 is 5.71. The summed E-state index contributed by atoms with van der Waals surface area (Å²) in [6, 6.07) is 17.1. The molecule has 0 unspecified atom stereocenters. The van der Waals surface area contributed by atoms with Gasteiger partial charge < -0.3 is 4.74 Å². The average Bonchev–Trinajstić information content (AvgIpc) is 2.44. The first-order valence-electron chi connectivity index (χ1n) is 5.88. The smallest absolute Gasteiger partial charge is 0.145 e. The van der Waals surface area contributed by atoms with Gasteiger partial charge in [-0.3, -0.25) is 0 Å². The van der Waals surface area contributed by atoms with Gasteiger partial charge >= 0.3 is 0 Å². The molecule has 0 amide bonds. The van der Waals surface area contributed by atoms with Crippen LogP contribution in [0, 0.1) is 29.6 Å². The van der Waals surface area contributed by atoms with E-state index in [0.717, 1.165) is 11.1 Å². The number of benzene rings is 2. The van der Waals surface area contributed by atoms with Crippen LogP contribution in [-0.2, 0) is 6.42 Å². The molecule has 2 rings (SSSR count). The SMILES string of the molecule is Cc1ccc(Oc2ccccc2)c(C#N)c1CC#N. The molecule has 92 valence electrons. The third kappa shape index (κ3) is 2.73. The van der Waals surface area contributed by atoms with E-state index in [4.69, 9.17) is 10.00 Å². The lowest BCUT2D eigenvalue weighted by molar-refractivity contribution is 0.480. The summed E-state index contributed by atoms with van der Waals surface area (Å²) in [6.07, 6.45) is 0.209. The molecule has 3 heteroatoms. The lowest BCUT2D eigenvalue weighted by Crippen LogP contribution is -1.97. The summed E-state index contributed by atoms with van der Waals surface area (Å²) in [5.41, 5.74) is 2.10. The number of hydrogen-bond acceptors (Lipinski definition) is 3. The van der Waals surface area contributed by atoms with Crippen LogP contribution in [0.4, 0.5) is 0 Å². The van der Waals surface area contributed by atoms with E-state index in [9.17, 15) is 5.26 Å². The van der Waals surface area contributed by atoms with Crippen molar-refractivity contribution >= 4 is 0 Å². The van der Waals surface area contributed by atoms with E-state index >= 15 is 0 Å². The maximum absolute atomic E-state index is 9.29. The van der Waals surface area contributed by atoms with E-state index in [1.54, 1.807) is 6.07 Å². The molecule has 0 radical (unpaired) electrons. The molecule has 0 N–H and O–H groups in total. The van der Waals surface area contributed by atoms with Gasteiger partial charge in [-0.05, 0) is 36.2 Å². The minimum absolute atomic E-state index is 0.209. The van der Waals surface area contributed by atoms with Crippen molar-refractivity contribution in [3.05, 3.63) is 59.2 Å². The highest BCUT2D eigenvalue weighted by Crippen LogP contribution is 2.29. The predicted molar refractivity (Wildman–Crippen MR) is 71.7 cm³/mol. The van der Waals surface area contributed by atoms with Gasteiger partial charge in [-0.2, -0.15) is 10.5 Å². The monoisotopic (exact) mass is 248 g/mol. The largest absolute Gasteiger partial charge is 0.456 e. The topological polar surface area (TPSA) is 56.8 Å². The van der Waals surface area contributed by atoms with Gasteiger partial charge in [-0.15, -0.1) is 0 Å². The van der Waals surface area contributed by atoms with E-state index in [1.807, 2.05) is 43.3 Å². The maximum atomic E-state index is 9.29. The van der Waals surface area contributed by atoms with Crippen LogP contribution >= 0.6 is 0 Å². The highest BCUT2D eigenvalue weighted by Gasteiger charge is 2.12. The fraction of sp³-hybridized carbons (Fsp3) is 0.125. The van der Waals surface area contributed by atoms with Crippen LogP contribution in [0.15, 0.2) is 42.5 Å². The molecule has 0 saturated heterocycles. The van der Waals surface area contributed by atoms with Gasteiger partial charge in [0.1, 0.15) is 17.6 Å². The van der Waals surface area contributed by atoms with Crippen molar-refractivity contribution in [2.24, 2.45) is 0 Å². The third-order valence-electron chi connectivity index (χ3n) is 2.85. The van der Waals surface area contributed by atoms with Crippen molar-refractivity contribution in [1.82, 2.24) is 0 Å². The lowest BCUT2D eigenvalue weighted by Gasteiger charge is -2.11. The number of nitriles is 2. The Balaban J connectivity index is 2.45. The molecule has 0 aliphatic rings. The quantitative estimate of drug-likeness (QED) is 0.831. The van der Waals surface area contributed by atoms with Gasteiger partial charge in [0.25, 0.3) is 0 Å². The van der Waals surface area contributed by atoms with Crippen LogP contribution in [0.25, 0.3) is 0 Å². The van der Waals surface area contributed by atoms with Gasteiger partial charge in [0, 0.05) is 0 Å². The number of nitrogens with zero attached hydrogens (tertiary/aromatic N) is 2. The van der Waals surface area contributed by atoms with Crippen LogP contribution in [0.2, 0.25) is 0 Å². The molecule has 0 spiro atoms. The number of rotatable bonds is 3.